The van der Waals surface area contributed by atoms with Gasteiger partial charge in [0.1, 0.15) is 5.52 Å². The Labute approximate surface area is 116 Å². The molecule has 0 bridgehead atoms. The molecule has 20 heavy (non-hydrogen) atoms. The van der Waals surface area contributed by atoms with Gasteiger partial charge in [-0.3, -0.25) is 4.79 Å². The number of para-hydroxylation sites is 1. The van der Waals surface area contributed by atoms with E-state index in [-0.39, 0.29) is 5.91 Å². The van der Waals surface area contributed by atoms with Gasteiger partial charge in [0, 0.05) is 5.69 Å². The Bertz CT molecular complexity index is 744. The highest BCUT2D eigenvalue weighted by Gasteiger charge is 2.11. The van der Waals surface area contributed by atoms with Crippen molar-refractivity contribution in [1.82, 2.24) is 9.97 Å². The number of hydrogen-bond acceptors (Lipinski definition) is 2. The number of aromatic amines is 1. The van der Waals surface area contributed by atoms with Gasteiger partial charge < -0.3 is 10.3 Å². The van der Waals surface area contributed by atoms with Crippen LogP contribution >= 0.6 is 0 Å². The van der Waals surface area contributed by atoms with Crippen molar-refractivity contribution >= 4 is 22.6 Å². The highest BCUT2D eigenvalue weighted by molar-refractivity contribution is 6.11. The molecule has 4 heteroatoms. The zero-order valence-electron chi connectivity index (χ0n) is 11.2. The molecule has 0 aliphatic rings. The SMILES string of the molecule is CCc1ccc(NC(=O)c2cccc3[nH]cnc23)cc1. The molecular weight excluding hydrogens is 250 g/mol. The van der Waals surface area contributed by atoms with Crippen molar-refractivity contribution in [2.24, 2.45) is 0 Å². The summed E-state index contributed by atoms with van der Waals surface area (Å²) in [5, 5.41) is 2.90. The number of amides is 1. The summed E-state index contributed by atoms with van der Waals surface area (Å²) in [6.07, 6.45) is 2.58. The van der Waals surface area contributed by atoms with Crippen LogP contribution in [0.1, 0.15) is 22.8 Å². The lowest BCUT2D eigenvalue weighted by Gasteiger charge is -2.06. The van der Waals surface area contributed by atoms with Gasteiger partial charge in [0.25, 0.3) is 5.91 Å². The van der Waals surface area contributed by atoms with E-state index in [0.717, 1.165) is 17.6 Å². The molecule has 1 aromatic heterocycles. The van der Waals surface area contributed by atoms with E-state index in [1.54, 1.807) is 12.4 Å². The van der Waals surface area contributed by atoms with Crippen molar-refractivity contribution in [3.8, 4) is 0 Å². The van der Waals surface area contributed by atoms with Gasteiger partial charge in [-0.25, -0.2) is 4.98 Å². The number of rotatable bonds is 3. The number of nitrogens with one attached hydrogen (secondary N) is 2. The quantitative estimate of drug-likeness (QED) is 0.762. The fourth-order valence-corrected chi connectivity index (χ4v) is 2.17. The molecule has 1 heterocycles. The molecule has 3 aromatic rings. The van der Waals surface area contributed by atoms with E-state index in [0.29, 0.717) is 11.1 Å². The fourth-order valence-electron chi connectivity index (χ4n) is 2.17. The molecule has 3 rings (SSSR count). The Morgan fingerprint density at radius 2 is 2.00 bits per heavy atom. The van der Waals surface area contributed by atoms with Crippen LogP contribution in [-0.2, 0) is 6.42 Å². The number of H-pyrrole nitrogens is 1. The summed E-state index contributed by atoms with van der Waals surface area (Å²) in [6.45, 7) is 2.10. The zero-order valence-corrected chi connectivity index (χ0v) is 11.2. The number of imidazole rings is 1. The summed E-state index contributed by atoms with van der Waals surface area (Å²) in [5.41, 5.74) is 4.16. The van der Waals surface area contributed by atoms with E-state index in [1.165, 1.54) is 5.56 Å². The lowest BCUT2D eigenvalue weighted by molar-refractivity contribution is 0.102. The van der Waals surface area contributed by atoms with Crippen LogP contribution in [0.25, 0.3) is 11.0 Å². The molecule has 1 amide bonds. The first-order valence-electron chi connectivity index (χ1n) is 6.60. The maximum Gasteiger partial charge on any atom is 0.257 e. The van der Waals surface area contributed by atoms with Crippen molar-refractivity contribution in [3.05, 3.63) is 59.9 Å². The molecule has 0 saturated heterocycles. The molecule has 2 N–H and O–H groups in total. The molecule has 0 atom stereocenters. The summed E-state index contributed by atoms with van der Waals surface area (Å²) in [6, 6.07) is 13.4. The second-order valence-electron chi connectivity index (χ2n) is 4.61. The van der Waals surface area contributed by atoms with Crippen LogP contribution in [0.5, 0.6) is 0 Å². The Morgan fingerprint density at radius 1 is 1.20 bits per heavy atom. The standard InChI is InChI=1S/C16H15N3O/c1-2-11-6-8-12(9-7-11)19-16(20)13-4-3-5-14-15(13)18-10-17-14/h3-10H,2H2,1H3,(H,17,18)(H,19,20). The number of carbonyl (C=O) groups excluding carboxylic acids is 1. The second kappa shape index (κ2) is 5.17. The molecule has 0 radical (unpaired) electrons. The first-order chi connectivity index (χ1) is 9.78. The maximum absolute atomic E-state index is 12.3. The third-order valence-corrected chi connectivity index (χ3v) is 3.31. The third-order valence-electron chi connectivity index (χ3n) is 3.31. The summed E-state index contributed by atoms with van der Waals surface area (Å²) in [4.78, 5) is 19.5. The number of hydrogen-bond donors (Lipinski definition) is 2. The highest BCUT2D eigenvalue weighted by Crippen LogP contribution is 2.17. The Balaban J connectivity index is 1.87. The molecule has 0 spiro atoms. The summed E-state index contributed by atoms with van der Waals surface area (Å²) in [7, 11) is 0. The van der Waals surface area contributed by atoms with E-state index in [4.69, 9.17) is 0 Å². The lowest BCUT2D eigenvalue weighted by atomic mass is 10.1. The molecule has 100 valence electrons. The van der Waals surface area contributed by atoms with Crippen molar-refractivity contribution in [1.29, 1.82) is 0 Å². The van der Waals surface area contributed by atoms with Gasteiger partial charge >= 0.3 is 0 Å². The van der Waals surface area contributed by atoms with Gasteiger partial charge in [-0.1, -0.05) is 25.1 Å². The average Bonchev–Trinajstić information content (AvgIpc) is 2.96. The number of benzene rings is 2. The van der Waals surface area contributed by atoms with Crippen LogP contribution in [0.2, 0.25) is 0 Å². The number of nitrogens with zero attached hydrogens (tertiary/aromatic N) is 1. The number of aryl methyl sites for hydroxylation is 1. The lowest BCUT2D eigenvalue weighted by Crippen LogP contribution is -2.12. The van der Waals surface area contributed by atoms with Crippen LogP contribution in [0.3, 0.4) is 0 Å². The number of aromatic nitrogens is 2. The van der Waals surface area contributed by atoms with Gasteiger partial charge in [0.05, 0.1) is 17.4 Å². The Hall–Kier alpha value is -2.62. The monoisotopic (exact) mass is 265 g/mol. The van der Waals surface area contributed by atoms with E-state index >= 15 is 0 Å². The largest absolute Gasteiger partial charge is 0.345 e. The molecule has 0 fully saturated rings. The maximum atomic E-state index is 12.3. The van der Waals surface area contributed by atoms with Gasteiger partial charge in [0.15, 0.2) is 0 Å². The van der Waals surface area contributed by atoms with Crippen LogP contribution < -0.4 is 5.32 Å². The van der Waals surface area contributed by atoms with Gasteiger partial charge in [-0.05, 0) is 36.2 Å². The third kappa shape index (κ3) is 2.28. The molecule has 0 saturated carbocycles. The second-order valence-corrected chi connectivity index (χ2v) is 4.61. The zero-order chi connectivity index (χ0) is 13.9. The topological polar surface area (TPSA) is 57.8 Å². The molecular formula is C16H15N3O. The van der Waals surface area contributed by atoms with Gasteiger partial charge in [-0.15, -0.1) is 0 Å². The van der Waals surface area contributed by atoms with Crippen LogP contribution in [0.4, 0.5) is 5.69 Å². The van der Waals surface area contributed by atoms with Gasteiger partial charge in [0.2, 0.25) is 0 Å². The normalized spacial score (nSPS) is 10.7. The van der Waals surface area contributed by atoms with E-state index in [1.807, 2.05) is 36.4 Å². The minimum atomic E-state index is -0.146. The molecule has 0 unspecified atom stereocenters. The number of fused-ring (bicyclic) bond motifs is 1. The minimum Gasteiger partial charge on any atom is -0.345 e. The number of anilines is 1. The van der Waals surface area contributed by atoms with E-state index in [9.17, 15) is 4.79 Å². The van der Waals surface area contributed by atoms with Crippen LogP contribution in [0, 0.1) is 0 Å². The summed E-state index contributed by atoms with van der Waals surface area (Å²) in [5.74, 6) is -0.146. The molecule has 2 aromatic carbocycles. The first-order valence-corrected chi connectivity index (χ1v) is 6.60. The van der Waals surface area contributed by atoms with Crippen molar-refractivity contribution in [3.63, 3.8) is 0 Å². The van der Waals surface area contributed by atoms with E-state index < -0.39 is 0 Å². The van der Waals surface area contributed by atoms with Crippen molar-refractivity contribution in [2.75, 3.05) is 5.32 Å². The Kier molecular flexibility index (Phi) is 3.21. The minimum absolute atomic E-state index is 0.146. The van der Waals surface area contributed by atoms with Crippen molar-refractivity contribution in [2.45, 2.75) is 13.3 Å². The average molecular weight is 265 g/mol. The van der Waals surface area contributed by atoms with Gasteiger partial charge in [-0.2, -0.15) is 0 Å². The van der Waals surface area contributed by atoms with Crippen LogP contribution in [0.15, 0.2) is 48.8 Å². The fraction of sp³-hybridized carbons (Fsp3) is 0.125. The predicted octanol–water partition coefficient (Wildman–Crippen LogP) is 3.38. The Morgan fingerprint density at radius 3 is 2.75 bits per heavy atom. The smallest absolute Gasteiger partial charge is 0.257 e. The number of carbonyl (C=O) groups is 1. The van der Waals surface area contributed by atoms with E-state index in [2.05, 4.69) is 22.2 Å². The molecule has 4 nitrogen and oxygen atoms in total. The molecule has 0 aliphatic carbocycles. The molecule has 0 aliphatic heterocycles. The summed E-state index contributed by atoms with van der Waals surface area (Å²) < 4.78 is 0. The predicted molar refractivity (Wildman–Crippen MR) is 79.9 cm³/mol. The highest BCUT2D eigenvalue weighted by atomic mass is 16.1. The first kappa shape index (κ1) is 12.4. The van der Waals surface area contributed by atoms with Crippen LogP contribution in [-0.4, -0.2) is 15.9 Å². The van der Waals surface area contributed by atoms with Crippen molar-refractivity contribution < 1.29 is 4.79 Å². The summed E-state index contributed by atoms with van der Waals surface area (Å²) >= 11 is 0.